The van der Waals surface area contributed by atoms with E-state index in [1.54, 1.807) is 0 Å². The molecule has 0 aliphatic carbocycles. The maximum atomic E-state index is 6.03. The molecule has 0 saturated heterocycles. The first kappa shape index (κ1) is 37.7. The number of hydrogen-bond donors (Lipinski definition) is 0. The minimum absolute atomic E-state index is 0.305. The molecule has 0 aromatic heterocycles. The van der Waals surface area contributed by atoms with E-state index >= 15 is 0 Å². The number of rotatable bonds is 11. The maximum absolute atomic E-state index is 6.03. The molecule has 0 atom stereocenters. The molecule has 0 radical (unpaired) electrons. The predicted molar refractivity (Wildman–Crippen MR) is 180 cm³/mol. The van der Waals surface area contributed by atoms with Crippen LogP contribution in [0.4, 0.5) is 0 Å². The summed E-state index contributed by atoms with van der Waals surface area (Å²) in [4.78, 5) is 0. The molecule has 1 heterocycles. The van der Waals surface area contributed by atoms with Gasteiger partial charge >= 0.3 is 243 Å². The molecule has 236 valence electrons. The number of nitrogens with zero attached hydrogens (tertiary/aromatic N) is 13. The average Bonchev–Trinajstić information content (AvgIpc) is 2.69. The van der Waals surface area contributed by atoms with Gasteiger partial charge in [-0.3, -0.25) is 0 Å². The summed E-state index contributed by atoms with van der Waals surface area (Å²) in [6, 6.07) is 0. The standard InChI is InChI=1S/C22H63N13P4/c1-22(2,3)35-36(23-37(26(4)5,27(6)7)28(8)9,24-38(29(10)11,30(12)13)31(14)15)25-39(35,32(16)17,33(18)19)34(20)21/h1-21H3. The molecule has 0 bridgehead atoms. The van der Waals surface area contributed by atoms with Crippen LogP contribution in [0.2, 0.25) is 0 Å². The van der Waals surface area contributed by atoms with E-state index in [1.807, 2.05) is 0 Å². The van der Waals surface area contributed by atoms with Crippen LogP contribution in [-0.2, 0) is 0 Å². The summed E-state index contributed by atoms with van der Waals surface area (Å²) in [7, 11) is 27.4. The third kappa shape index (κ3) is 5.25. The Kier molecular flexibility index (Phi) is 11.6. The van der Waals surface area contributed by atoms with Crippen LogP contribution in [0.15, 0.2) is 13.5 Å². The minimum atomic E-state index is -3.41. The van der Waals surface area contributed by atoms with Crippen molar-refractivity contribution in [2.45, 2.75) is 26.3 Å². The molecule has 0 N–H and O–H groups in total. The van der Waals surface area contributed by atoms with Gasteiger partial charge < -0.3 is 0 Å². The molecule has 39 heavy (non-hydrogen) atoms. The molecular formula is C22H63N13P4. The zero-order valence-electron chi connectivity index (χ0n) is 29.1. The second kappa shape index (κ2) is 12.0. The fourth-order valence-electron chi connectivity index (χ4n) is 6.31. The molecule has 0 aromatic carbocycles. The van der Waals surface area contributed by atoms with Crippen LogP contribution in [-0.4, -0.2) is 179 Å². The van der Waals surface area contributed by atoms with Gasteiger partial charge in [-0.15, -0.1) is 0 Å². The van der Waals surface area contributed by atoms with E-state index in [9.17, 15) is 0 Å². The van der Waals surface area contributed by atoms with Crippen LogP contribution in [0.3, 0.4) is 0 Å². The second-order valence-electron chi connectivity index (χ2n) is 12.9. The van der Waals surface area contributed by atoms with Crippen molar-refractivity contribution in [3.63, 3.8) is 0 Å². The Hall–Kier alpha value is 0.720. The molecule has 0 amide bonds. The normalized spacial score (nSPS) is 21.3. The van der Waals surface area contributed by atoms with E-state index in [-0.39, 0.29) is 5.54 Å². The van der Waals surface area contributed by atoms with Crippen molar-refractivity contribution in [1.82, 2.24) is 46.5 Å². The summed E-state index contributed by atoms with van der Waals surface area (Å²) in [6.45, 7) is 6.88. The van der Waals surface area contributed by atoms with Gasteiger partial charge in [0.05, 0.1) is 0 Å². The van der Waals surface area contributed by atoms with Crippen molar-refractivity contribution >= 4 is 29.9 Å². The Bertz CT molecular complexity index is 909. The Balaban J connectivity index is 5.01. The van der Waals surface area contributed by atoms with Crippen LogP contribution in [0.1, 0.15) is 20.8 Å². The van der Waals surface area contributed by atoms with Crippen molar-refractivity contribution in [1.29, 1.82) is 0 Å². The van der Waals surface area contributed by atoms with E-state index in [0.717, 1.165) is 0 Å². The van der Waals surface area contributed by atoms with E-state index in [1.165, 1.54) is 0 Å². The molecule has 1 aliphatic rings. The Morgan fingerprint density at radius 1 is 0.513 bits per heavy atom. The summed E-state index contributed by atoms with van der Waals surface area (Å²) in [6.07, 6.45) is 0. The summed E-state index contributed by atoms with van der Waals surface area (Å²) in [5, 5.41) is 0. The average molecular weight is 634 g/mol. The van der Waals surface area contributed by atoms with Crippen LogP contribution in [0.5, 0.6) is 0 Å². The van der Waals surface area contributed by atoms with E-state index in [2.05, 4.69) is 194 Å². The first-order valence-electron chi connectivity index (χ1n) is 13.2. The van der Waals surface area contributed by atoms with E-state index in [0.29, 0.717) is 0 Å². The summed E-state index contributed by atoms with van der Waals surface area (Å²) in [5.74, 6) is 0. The molecule has 0 spiro atoms. The molecular weight excluding hydrogens is 570 g/mol. The Labute approximate surface area is 242 Å². The van der Waals surface area contributed by atoms with Gasteiger partial charge in [-0.05, 0) is 0 Å². The molecule has 0 aromatic rings. The van der Waals surface area contributed by atoms with Gasteiger partial charge in [0.1, 0.15) is 0 Å². The van der Waals surface area contributed by atoms with E-state index < -0.39 is 29.9 Å². The first-order valence-corrected chi connectivity index (χ1v) is 20.0. The van der Waals surface area contributed by atoms with Crippen LogP contribution in [0, 0.1) is 0 Å². The van der Waals surface area contributed by atoms with Crippen molar-refractivity contribution in [2.75, 3.05) is 127 Å². The topological polar surface area (TPSA) is 69.5 Å². The number of hydrogen-bond acceptors (Lipinski definition) is 7. The molecule has 17 heteroatoms. The van der Waals surface area contributed by atoms with Gasteiger partial charge in [0, 0.05) is 0 Å². The van der Waals surface area contributed by atoms with Gasteiger partial charge in [0.15, 0.2) is 0 Å². The Morgan fingerprint density at radius 2 is 0.744 bits per heavy atom. The molecule has 13 nitrogen and oxygen atoms in total. The third-order valence-electron chi connectivity index (χ3n) is 7.32. The second-order valence-corrected chi connectivity index (χ2v) is 28.3. The predicted octanol–water partition coefficient (Wildman–Crippen LogP) is 5.12. The Morgan fingerprint density at radius 3 is 0.897 bits per heavy atom. The molecule has 0 fully saturated rings. The van der Waals surface area contributed by atoms with Crippen molar-refractivity contribution < 1.29 is 0 Å². The molecule has 1 aliphatic heterocycles. The monoisotopic (exact) mass is 633 g/mol. The van der Waals surface area contributed by atoms with Crippen LogP contribution < -0.4 is 0 Å². The molecule has 0 unspecified atom stereocenters. The fourth-order valence-corrected chi connectivity index (χ4v) is 31.9. The third-order valence-corrected chi connectivity index (χ3v) is 28.2. The van der Waals surface area contributed by atoms with Gasteiger partial charge in [-0.1, -0.05) is 0 Å². The first-order chi connectivity index (χ1) is 17.3. The van der Waals surface area contributed by atoms with Crippen molar-refractivity contribution in [2.24, 2.45) is 13.5 Å². The van der Waals surface area contributed by atoms with Gasteiger partial charge in [0.2, 0.25) is 0 Å². The van der Waals surface area contributed by atoms with Gasteiger partial charge in [0.25, 0.3) is 0 Å². The van der Waals surface area contributed by atoms with Crippen LogP contribution >= 0.6 is 29.9 Å². The van der Waals surface area contributed by atoms with Crippen molar-refractivity contribution in [3.8, 4) is 0 Å². The SMILES string of the molecule is CN(C)P(=NP1(N=P(N(C)C)(N(C)C)N(C)C)=NP(N(C)C)(N(C)C)(N(C)C)N1C(C)(C)C)(N(C)C)N(C)C. The molecule has 1 rings (SSSR count). The zero-order chi connectivity index (χ0) is 31.3. The van der Waals surface area contributed by atoms with Crippen molar-refractivity contribution in [3.05, 3.63) is 0 Å². The zero-order valence-corrected chi connectivity index (χ0v) is 32.7. The van der Waals surface area contributed by atoms with Gasteiger partial charge in [-0.2, -0.15) is 0 Å². The quantitative estimate of drug-likeness (QED) is 0.287. The summed E-state index contributed by atoms with van der Waals surface area (Å²) < 4.78 is 41.3. The summed E-state index contributed by atoms with van der Waals surface area (Å²) >= 11 is 0. The summed E-state index contributed by atoms with van der Waals surface area (Å²) in [5.41, 5.74) is -0.305. The van der Waals surface area contributed by atoms with Crippen LogP contribution in [0.25, 0.3) is 0 Å². The molecule has 0 saturated carbocycles. The van der Waals surface area contributed by atoms with Gasteiger partial charge in [-0.25, -0.2) is 0 Å². The van der Waals surface area contributed by atoms with E-state index in [4.69, 9.17) is 13.5 Å². The fraction of sp³-hybridized carbons (Fsp3) is 1.00.